The Balaban J connectivity index is 2.28. The summed E-state index contributed by atoms with van der Waals surface area (Å²) in [5, 5.41) is -0.289. The SMILES string of the molecule is CCc1c(C(=O)C(=O)Cl)c2cc(OC)ccc2n1Cc1ccccc1. The lowest BCUT2D eigenvalue weighted by atomic mass is 10.1. The Morgan fingerprint density at radius 1 is 1.12 bits per heavy atom. The van der Waals surface area contributed by atoms with Crippen molar-refractivity contribution in [2.24, 2.45) is 0 Å². The van der Waals surface area contributed by atoms with E-state index in [0.29, 0.717) is 29.7 Å². The Labute approximate surface area is 151 Å². The number of rotatable bonds is 6. The summed E-state index contributed by atoms with van der Waals surface area (Å²) in [4.78, 5) is 24.0. The minimum absolute atomic E-state index is 0.368. The van der Waals surface area contributed by atoms with Gasteiger partial charge in [-0.2, -0.15) is 0 Å². The van der Waals surface area contributed by atoms with Gasteiger partial charge in [0.25, 0.3) is 5.24 Å². The molecule has 0 fully saturated rings. The van der Waals surface area contributed by atoms with Crippen LogP contribution < -0.4 is 4.74 Å². The molecule has 25 heavy (non-hydrogen) atoms. The van der Waals surface area contributed by atoms with E-state index in [4.69, 9.17) is 16.3 Å². The topological polar surface area (TPSA) is 48.3 Å². The van der Waals surface area contributed by atoms with Gasteiger partial charge in [0.15, 0.2) is 0 Å². The van der Waals surface area contributed by atoms with Gasteiger partial charge in [-0.05, 0) is 41.8 Å². The zero-order valence-electron chi connectivity index (χ0n) is 14.1. The molecule has 1 aromatic heterocycles. The number of carbonyl (C=O) groups excluding carboxylic acids is 2. The van der Waals surface area contributed by atoms with Crippen LogP contribution >= 0.6 is 11.6 Å². The molecule has 3 aromatic rings. The number of halogens is 1. The number of Topliss-reactive ketones (excluding diaryl/α,β-unsaturated/α-hetero) is 1. The van der Waals surface area contributed by atoms with Crippen molar-refractivity contribution in [3.05, 3.63) is 65.4 Å². The summed E-state index contributed by atoms with van der Waals surface area (Å²) >= 11 is 5.51. The first-order valence-electron chi connectivity index (χ1n) is 8.04. The van der Waals surface area contributed by atoms with Crippen molar-refractivity contribution < 1.29 is 14.3 Å². The minimum Gasteiger partial charge on any atom is -0.497 e. The van der Waals surface area contributed by atoms with Gasteiger partial charge in [-0.3, -0.25) is 9.59 Å². The van der Waals surface area contributed by atoms with E-state index < -0.39 is 11.0 Å². The fraction of sp³-hybridized carbons (Fsp3) is 0.200. The van der Waals surface area contributed by atoms with Crippen LogP contribution in [0.1, 0.15) is 28.5 Å². The first-order chi connectivity index (χ1) is 12.1. The lowest BCUT2D eigenvalue weighted by molar-refractivity contribution is -0.108. The van der Waals surface area contributed by atoms with Crippen molar-refractivity contribution in [2.75, 3.05) is 7.11 Å². The standard InChI is InChI=1S/C20H18ClNO3/c1-3-16-18(19(23)20(21)24)15-11-14(25-2)9-10-17(15)22(16)12-13-7-5-4-6-8-13/h4-11H,3,12H2,1-2H3. The Morgan fingerprint density at radius 3 is 2.44 bits per heavy atom. The molecule has 0 saturated heterocycles. The molecule has 0 unspecified atom stereocenters. The number of hydrogen-bond donors (Lipinski definition) is 0. The number of benzene rings is 2. The molecule has 5 heteroatoms. The molecule has 0 aliphatic heterocycles. The zero-order valence-corrected chi connectivity index (χ0v) is 14.8. The third kappa shape index (κ3) is 3.17. The molecule has 0 radical (unpaired) electrons. The van der Waals surface area contributed by atoms with E-state index in [0.717, 1.165) is 16.8 Å². The van der Waals surface area contributed by atoms with Crippen LogP contribution in [0, 0.1) is 0 Å². The van der Waals surface area contributed by atoms with Gasteiger partial charge in [-0.25, -0.2) is 0 Å². The van der Waals surface area contributed by atoms with Crippen LogP contribution in [-0.4, -0.2) is 22.7 Å². The monoisotopic (exact) mass is 355 g/mol. The summed E-state index contributed by atoms with van der Waals surface area (Å²) in [5.41, 5.74) is 3.15. The molecule has 128 valence electrons. The summed E-state index contributed by atoms with van der Waals surface area (Å²) in [5.74, 6) is -0.0494. The highest BCUT2D eigenvalue weighted by Crippen LogP contribution is 2.31. The second-order valence-corrected chi connectivity index (χ2v) is 6.08. The van der Waals surface area contributed by atoms with Crippen molar-refractivity contribution in [3.63, 3.8) is 0 Å². The molecule has 0 atom stereocenters. The molecule has 0 amide bonds. The second-order valence-electron chi connectivity index (χ2n) is 5.73. The summed E-state index contributed by atoms with van der Waals surface area (Å²) in [6.45, 7) is 2.57. The van der Waals surface area contributed by atoms with Crippen molar-refractivity contribution in [3.8, 4) is 5.75 Å². The van der Waals surface area contributed by atoms with Crippen molar-refractivity contribution in [2.45, 2.75) is 19.9 Å². The van der Waals surface area contributed by atoms with E-state index in [9.17, 15) is 9.59 Å². The third-order valence-electron chi connectivity index (χ3n) is 4.30. The van der Waals surface area contributed by atoms with E-state index in [1.54, 1.807) is 13.2 Å². The number of ether oxygens (including phenoxy) is 1. The van der Waals surface area contributed by atoms with Crippen LogP contribution in [0.3, 0.4) is 0 Å². The molecule has 0 saturated carbocycles. The molecular weight excluding hydrogens is 338 g/mol. The Kier molecular flexibility index (Phi) is 4.91. The van der Waals surface area contributed by atoms with Crippen molar-refractivity contribution in [1.82, 2.24) is 4.57 Å². The molecule has 0 aliphatic carbocycles. The predicted molar refractivity (Wildman–Crippen MR) is 98.6 cm³/mol. The number of methoxy groups -OCH3 is 1. The normalized spacial score (nSPS) is 10.8. The summed E-state index contributed by atoms with van der Waals surface area (Å²) in [6, 6.07) is 15.5. The number of carbonyl (C=O) groups is 2. The fourth-order valence-corrected chi connectivity index (χ4v) is 3.27. The summed E-state index contributed by atoms with van der Waals surface area (Å²) < 4.78 is 7.35. The van der Waals surface area contributed by atoms with Crippen LogP contribution in [-0.2, 0) is 17.8 Å². The predicted octanol–water partition coefficient (Wildman–Crippen LogP) is 4.21. The minimum atomic E-state index is -0.976. The molecule has 0 N–H and O–H groups in total. The molecule has 0 spiro atoms. The van der Waals surface area contributed by atoms with Gasteiger partial charge in [0.2, 0.25) is 5.78 Å². The zero-order chi connectivity index (χ0) is 18.0. The van der Waals surface area contributed by atoms with Gasteiger partial charge < -0.3 is 9.30 Å². The van der Waals surface area contributed by atoms with Crippen LogP contribution in [0.5, 0.6) is 5.75 Å². The van der Waals surface area contributed by atoms with Crippen LogP contribution in [0.4, 0.5) is 0 Å². The highest BCUT2D eigenvalue weighted by atomic mass is 35.5. The quantitative estimate of drug-likeness (QED) is 0.378. The molecule has 0 aliphatic rings. The Hall–Kier alpha value is -2.59. The number of hydrogen-bond acceptors (Lipinski definition) is 3. The third-order valence-corrected chi connectivity index (χ3v) is 4.47. The molecule has 2 aromatic carbocycles. The summed E-state index contributed by atoms with van der Waals surface area (Å²) in [7, 11) is 1.57. The number of fused-ring (bicyclic) bond motifs is 1. The van der Waals surface area contributed by atoms with E-state index in [-0.39, 0.29) is 0 Å². The van der Waals surface area contributed by atoms with Gasteiger partial charge in [-0.15, -0.1) is 0 Å². The molecule has 0 bridgehead atoms. The van der Waals surface area contributed by atoms with E-state index in [1.165, 1.54) is 0 Å². The van der Waals surface area contributed by atoms with Crippen LogP contribution in [0.2, 0.25) is 0 Å². The van der Waals surface area contributed by atoms with Gasteiger partial charge in [0, 0.05) is 23.1 Å². The first kappa shape index (κ1) is 17.2. The van der Waals surface area contributed by atoms with Crippen molar-refractivity contribution in [1.29, 1.82) is 0 Å². The van der Waals surface area contributed by atoms with Crippen LogP contribution in [0.15, 0.2) is 48.5 Å². The van der Waals surface area contributed by atoms with Crippen LogP contribution in [0.25, 0.3) is 10.9 Å². The highest BCUT2D eigenvalue weighted by molar-refractivity contribution is 6.83. The van der Waals surface area contributed by atoms with Gasteiger partial charge in [-0.1, -0.05) is 37.3 Å². The van der Waals surface area contributed by atoms with E-state index in [2.05, 4.69) is 4.57 Å². The molecule has 3 rings (SSSR count). The fourth-order valence-electron chi connectivity index (χ4n) is 3.18. The largest absolute Gasteiger partial charge is 0.497 e. The number of ketones is 1. The lowest BCUT2D eigenvalue weighted by Gasteiger charge is -2.10. The van der Waals surface area contributed by atoms with E-state index >= 15 is 0 Å². The second kappa shape index (κ2) is 7.11. The van der Waals surface area contributed by atoms with E-state index in [1.807, 2.05) is 49.4 Å². The van der Waals surface area contributed by atoms with Gasteiger partial charge in [0.05, 0.1) is 12.7 Å². The maximum atomic E-state index is 12.5. The van der Waals surface area contributed by atoms with Gasteiger partial charge >= 0.3 is 0 Å². The van der Waals surface area contributed by atoms with Crippen molar-refractivity contribution >= 4 is 33.5 Å². The Bertz CT molecular complexity index is 944. The summed E-state index contributed by atoms with van der Waals surface area (Å²) in [6.07, 6.45) is 0.606. The molecule has 1 heterocycles. The smallest absolute Gasteiger partial charge is 0.293 e. The average Bonchev–Trinajstić information content (AvgIpc) is 2.94. The molecular formula is C20H18ClNO3. The first-order valence-corrected chi connectivity index (χ1v) is 8.41. The molecule has 4 nitrogen and oxygen atoms in total. The highest BCUT2D eigenvalue weighted by Gasteiger charge is 2.25. The Morgan fingerprint density at radius 2 is 1.84 bits per heavy atom. The maximum Gasteiger partial charge on any atom is 0.293 e. The number of aromatic nitrogens is 1. The average molecular weight is 356 g/mol. The number of nitrogens with zero attached hydrogens (tertiary/aromatic N) is 1. The maximum absolute atomic E-state index is 12.5. The van der Waals surface area contributed by atoms with Gasteiger partial charge in [0.1, 0.15) is 5.75 Å². The lowest BCUT2D eigenvalue weighted by Crippen LogP contribution is -2.12.